The van der Waals surface area contributed by atoms with E-state index in [1.54, 1.807) is 0 Å². The SMILES string of the molecule is O=[SH](=O)Br.c1cc2ccc1-2. The highest BCUT2D eigenvalue weighted by molar-refractivity contribution is 9.44. The first-order valence-electron chi connectivity index (χ1n) is 2.61. The van der Waals surface area contributed by atoms with Gasteiger partial charge in [-0.05, 0) is 11.1 Å². The van der Waals surface area contributed by atoms with Gasteiger partial charge in [0.2, 0.25) is 0 Å². The van der Waals surface area contributed by atoms with Crippen molar-refractivity contribution in [2.45, 2.75) is 0 Å². The molecule has 4 heteroatoms. The van der Waals surface area contributed by atoms with Crippen molar-refractivity contribution >= 4 is 24.0 Å². The molecule has 2 aliphatic carbocycles. The molecule has 0 aromatic rings. The first kappa shape index (κ1) is 7.75. The van der Waals surface area contributed by atoms with Crippen LogP contribution in [0.5, 0.6) is 0 Å². The number of rotatable bonds is 0. The molecule has 0 radical (unpaired) electrons. The third-order valence-corrected chi connectivity index (χ3v) is 1.22. The quantitative estimate of drug-likeness (QED) is 0.541. The minimum atomic E-state index is -2.31. The van der Waals surface area contributed by atoms with Crippen LogP contribution in [0.4, 0.5) is 0 Å². The summed E-state index contributed by atoms with van der Waals surface area (Å²) in [5, 5.41) is 0. The fourth-order valence-electron chi connectivity index (χ4n) is 0.663. The summed E-state index contributed by atoms with van der Waals surface area (Å²) in [5.74, 6) is 0. The van der Waals surface area contributed by atoms with Crippen molar-refractivity contribution in [3.8, 4) is 11.1 Å². The highest BCUT2D eigenvalue weighted by Gasteiger charge is 2.03. The number of hydrogen-bond donors (Lipinski definition) is 1. The molecule has 2 nitrogen and oxygen atoms in total. The van der Waals surface area contributed by atoms with Gasteiger partial charge in [0.15, 0.2) is 9.14 Å². The highest BCUT2D eigenvalue weighted by Crippen LogP contribution is 2.29. The van der Waals surface area contributed by atoms with E-state index in [2.05, 4.69) is 39.1 Å². The number of thiol groups is 1. The lowest BCUT2D eigenvalue weighted by atomic mass is 9.95. The van der Waals surface area contributed by atoms with Gasteiger partial charge in [0.25, 0.3) is 0 Å². The summed E-state index contributed by atoms with van der Waals surface area (Å²) >= 11 is 2.22. The Balaban J connectivity index is 0.000000112. The van der Waals surface area contributed by atoms with Crippen molar-refractivity contribution in [1.29, 1.82) is 0 Å². The van der Waals surface area contributed by atoms with Gasteiger partial charge in [-0.1, -0.05) is 24.3 Å². The maximum absolute atomic E-state index is 8.95. The van der Waals surface area contributed by atoms with Crippen molar-refractivity contribution in [3.05, 3.63) is 24.3 Å². The summed E-state index contributed by atoms with van der Waals surface area (Å²) in [4.78, 5) is 0. The second-order valence-electron chi connectivity index (χ2n) is 1.79. The second kappa shape index (κ2) is 3.16. The van der Waals surface area contributed by atoms with E-state index >= 15 is 0 Å². The maximum atomic E-state index is 8.95. The summed E-state index contributed by atoms with van der Waals surface area (Å²) in [6, 6.07) is 8.48. The van der Waals surface area contributed by atoms with E-state index in [-0.39, 0.29) is 0 Å². The van der Waals surface area contributed by atoms with Crippen LogP contribution in [-0.2, 0) is 9.14 Å². The minimum absolute atomic E-state index is 1.43. The van der Waals surface area contributed by atoms with Gasteiger partial charge in [-0.15, -0.1) is 0 Å². The molecule has 0 unspecified atom stereocenters. The van der Waals surface area contributed by atoms with Crippen molar-refractivity contribution in [1.82, 2.24) is 0 Å². The Kier molecular flexibility index (Phi) is 2.45. The van der Waals surface area contributed by atoms with E-state index in [4.69, 9.17) is 8.42 Å². The molecule has 0 aromatic carbocycles. The van der Waals surface area contributed by atoms with Gasteiger partial charge in [0.1, 0.15) is 0 Å². The first-order valence-corrected chi connectivity index (χ1v) is 5.80. The van der Waals surface area contributed by atoms with Crippen molar-refractivity contribution < 1.29 is 8.42 Å². The number of benzene rings is 1. The van der Waals surface area contributed by atoms with Crippen LogP contribution < -0.4 is 0 Å². The fraction of sp³-hybridized carbons (Fsp3) is 0. The molecular weight excluding hydrogens is 216 g/mol. The van der Waals surface area contributed by atoms with Crippen molar-refractivity contribution in [3.63, 3.8) is 0 Å². The third-order valence-electron chi connectivity index (χ3n) is 1.22. The average Bonchev–Trinajstić information content (AvgIpc) is 1.77. The van der Waals surface area contributed by atoms with Crippen LogP contribution in [0.25, 0.3) is 11.1 Å². The van der Waals surface area contributed by atoms with E-state index in [9.17, 15) is 0 Å². The Bertz CT molecular complexity index is 260. The van der Waals surface area contributed by atoms with E-state index in [0.717, 1.165) is 0 Å². The molecule has 0 N–H and O–H groups in total. The molecule has 0 saturated carbocycles. The van der Waals surface area contributed by atoms with Gasteiger partial charge in [0, 0.05) is 0 Å². The zero-order valence-corrected chi connectivity index (χ0v) is 7.43. The Morgan fingerprint density at radius 2 is 1.20 bits per heavy atom. The lowest BCUT2D eigenvalue weighted by molar-refractivity contribution is 0.627. The molecular formula is C6H5BrO2S. The summed E-state index contributed by atoms with van der Waals surface area (Å²) in [5.41, 5.74) is 2.85. The van der Waals surface area contributed by atoms with Crippen LogP contribution in [0.15, 0.2) is 24.3 Å². The van der Waals surface area contributed by atoms with Crippen molar-refractivity contribution in [2.24, 2.45) is 0 Å². The van der Waals surface area contributed by atoms with Crippen LogP contribution in [0.2, 0.25) is 0 Å². The van der Waals surface area contributed by atoms with Crippen LogP contribution >= 0.6 is 14.8 Å². The highest BCUT2D eigenvalue weighted by atomic mass is 79.9. The van der Waals surface area contributed by atoms with Crippen LogP contribution in [0.3, 0.4) is 0 Å². The molecule has 0 aliphatic heterocycles. The molecule has 0 atom stereocenters. The molecule has 0 saturated heterocycles. The maximum Gasteiger partial charge on any atom is 0.199 e. The number of halogens is 1. The van der Waals surface area contributed by atoms with E-state index in [1.807, 2.05) is 0 Å². The third kappa shape index (κ3) is 1.82. The zero-order chi connectivity index (χ0) is 7.56. The van der Waals surface area contributed by atoms with Gasteiger partial charge in [0.05, 0.1) is 14.8 Å². The summed E-state index contributed by atoms with van der Waals surface area (Å²) in [6.45, 7) is 0. The van der Waals surface area contributed by atoms with Gasteiger partial charge < -0.3 is 0 Å². The molecule has 2 rings (SSSR count). The van der Waals surface area contributed by atoms with Gasteiger partial charge in [-0.25, -0.2) is 8.42 Å². The predicted octanol–water partition coefficient (Wildman–Crippen LogP) is 1.57. The zero-order valence-electron chi connectivity index (χ0n) is 4.95. The van der Waals surface area contributed by atoms with Crippen LogP contribution in [0, 0.1) is 0 Å². The molecule has 0 aromatic heterocycles. The lowest BCUT2D eigenvalue weighted by Crippen LogP contribution is -1.85. The standard InChI is InChI=1S/C6H4.BrHO2S/c1-2-6-4-3-5(1)6;1-4(2)3/h1-4H;4H. The molecule has 0 spiro atoms. The Labute approximate surface area is 68.0 Å². The topological polar surface area (TPSA) is 34.1 Å². The largest absolute Gasteiger partial charge is 0.220 e. The molecule has 0 amide bonds. The second-order valence-corrected chi connectivity index (χ2v) is 3.95. The summed E-state index contributed by atoms with van der Waals surface area (Å²) in [6.07, 6.45) is 0. The van der Waals surface area contributed by atoms with Gasteiger partial charge >= 0.3 is 0 Å². The molecule has 0 bridgehead atoms. The monoisotopic (exact) mass is 220 g/mol. The van der Waals surface area contributed by atoms with E-state index < -0.39 is 9.14 Å². The minimum Gasteiger partial charge on any atom is -0.220 e. The molecule has 2 aliphatic rings. The smallest absolute Gasteiger partial charge is 0.199 e. The lowest BCUT2D eigenvalue weighted by Gasteiger charge is -2.10. The molecule has 0 fully saturated rings. The normalized spacial score (nSPS) is 10.2. The van der Waals surface area contributed by atoms with Gasteiger partial charge in [-0.2, -0.15) is 0 Å². The van der Waals surface area contributed by atoms with Gasteiger partial charge in [-0.3, -0.25) is 0 Å². The van der Waals surface area contributed by atoms with E-state index in [0.29, 0.717) is 0 Å². The molecule has 54 valence electrons. The summed E-state index contributed by atoms with van der Waals surface area (Å²) in [7, 11) is -2.31. The fourth-order valence-corrected chi connectivity index (χ4v) is 0.663. The molecule has 10 heavy (non-hydrogen) atoms. The Morgan fingerprint density at radius 1 is 1.00 bits per heavy atom. The summed E-state index contributed by atoms with van der Waals surface area (Å²) < 4.78 is 17.9. The number of hydrogen-bond acceptors (Lipinski definition) is 2. The van der Waals surface area contributed by atoms with E-state index in [1.165, 1.54) is 11.1 Å². The molecule has 0 heterocycles. The average molecular weight is 221 g/mol. The van der Waals surface area contributed by atoms with Crippen molar-refractivity contribution in [2.75, 3.05) is 0 Å². The Morgan fingerprint density at radius 3 is 1.20 bits per heavy atom. The van der Waals surface area contributed by atoms with Crippen LogP contribution in [-0.4, -0.2) is 8.42 Å². The Hall–Kier alpha value is -0.350. The number of fused-ring (bicyclic) bond motifs is 1. The van der Waals surface area contributed by atoms with Crippen LogP contribution in [0.1, 0.15) is 0 Å². The predicted molar refractivity (Wildman–Crippen MR) is 44.7 cm³/mol. The first-order chi connectivity index (χ1) is 4.70.